The lowest BCUT2D eigenvalue weighted by Gasteiger charge is -2.10. The summed E-state index contributed by atoms with van der Waals surface area (Å²) in [5, 5.41) is 13.9. The van der Waals surface area contributed by atoms with E-state index in [-0.39, 0.29) is 31.4 Å². The molecule has 0 spiro atoms. The first kappa shape index (κ1) is 13.6. The van der Waals surface area contributed by atoms with Gasteiger partial charge in [0.1, 0.15) is 5.82 Å². The Morgan fingerprint density at radius 1 is 1.47 bits per heavy atom. The predicted octanol–water partition coefficient (Wildman–Crippen LogP) is -0.195. The van der Waals surface area contributed by atoms with Crippen molar-refractivity contribution in [3.63, 3.8) is 0 Å². The number of carbonyl (C=O) groups is 1. The van der Waals surface area contributed by atoms with Crippen molar-refractivity contribution in [2.45, 2.75) is 6.54 Å². The highest BCUT2D eigenvalue weighted by atomic mass is 19.1. The average molecular weight is 241 g/mol. The zero-order chi connectivity index (χ0) is 12.7. The number of rotatable bonds is 6. The van der Waals surface area contributed by atoms with Crippen LogP contribution in [0.1, 0.15) is 5.56 Å². The summed E-state index contributed by atoms with van der Waals surface area (Å²) in [7, 11) is 0. The van der Waals surface area contributed by atoms with Gasteiger partial charge < -0.3 is 21.5 Å². The summed E-state index contributed by atoms with van der Waals surface area (Å²) in [6.07, 6.45) is 0. The number of anilines is 1. The Hall–Kier alpha value is -1.50. The van der Waals surface area contributed by atoms with Crippen LogP contribution in [0, 0.1) is 5.82 Å². The number of carbonyl (C=O) groups excluding carboxylic acids is 1. The second kappa shape index (κ2) is 6.95. The molecule has 94 valence electrons. The minimum absolute atomic E-state index is 0.0299. The van der Waals surface area contributed by atoms with Crippen molar-refractivity contribution in [3.05, 3.63) is 29.6 Å². The Labute approximate surface area is 98.8 Å². The van der Waals surface area contributed by atoms with Crippen LogP contribution in [0.25, 0.3) is 0 Å². The molecule has 0 atom stereocenters. The van der Waals surface area contributed by atoms with E-state index in [1.54, 1.807) is 0 Å². The van der Waals surface area contributed by atoms with E-state index < -0.39 is 0 Å². The van der Waals surface area contributed by atoms with Gasteiger partial charge in [0.15, 0.2) is 0 Å². The number of aliphatic hydroxyl groups is 1. The van der Waals surface area contributed by atoms with Gasteiger partial charge in [-0.2, -0.15) is 0 Å². The Morgan fingerprint density at radius 3 is 2.88 bits per heavy atom. The fraction of sp³-hybridized carbons (Fsp3) is 0.364. The minimum Gasteiger partial charge on any atom is -0.395 e. The third-order valence-corrected chi connectivity index (χ3v) is 2.14. The third-order valence-electron chi connectivity index (χ3n) is 2.14. The van der Waals surface area contributed by atoms with Crippen LogP contribution in [0.15, 0.2) is 18.2 Å². The molecule has 0 aliphatic rings. The molecule has 1 amide bonds. The number of nitrogens with two attached hydrogens (primary N) is 1. The number of hydrogen-bond acceptors (Lipinski definition) is 4. The number of benzene rings is 1. The molecule has 0 fully saturated rings. The van der Waals surface area contributed by atoms with Crippen LogP contribution in [-0.2, 0) is 11.3 Å². The van der Waals surface area contributed by atoms with Crippen LogP contribution >= 0.6 is 0 Å². The van der Waals surface area contributed by atoms with Crippen molar-refractivity contribution in [1.82, 2.24) is 5.32 Å². The fourth-order valence-electron chi connectivity index (χ4n) is 1.33. The number of halogens is 1. The molecule has 0 heterocycles. The van der Waals surface area contributed by atoms with Crippen molar-refractivity contribution in [2.75, 3.05) is 25.0 Å². The third kappa shape index (κ3) is 4.48. The lowest BCUT2D eigenvalue weighted by Crippen LogP contribution is -2.30. The summed E-state index contributed by atoms with van der Waals surface area (Å²) in [5.74, 6) is -0.651. The molecule has 17 heavy (non-hydrogen) atoms. The minimum atomic E-state index is -0.387. The molecule has 0 aliphatic carbocycles. The van der Waals surface area contributed by atoms with Gasteiger partial charge in [0, 0.05) is 18.8 Å². The fourth-order valence-corrected chi connectivity index (χ4v) is 1.33. The van der Waals surface area contributed by atoms with Crippen molar-refractivity contribution in [2.24, 2.45) is 5.73 Å². The van der Waals surface area contributed by atoms with Crippen LogP contribution in [0.3, 0.4) is 0 Å². The molecule has 1 rings (SSSR count). The molecule has 0 radical (unpaired) electrons. The van der Waals surface area contributed by atoms with E-state index in [2.05, 4.69) is 10.6 Å². The summed E-state index contributed by atoms with van der Waals surface area (Å²) in [6.45, 7) is 0.553. The Balaban J connectivity index is 2.58. The first-order valence-corrected chi connectivity index (χ1v) is 5.27. The molecule has 1 aromatic carbocycles. The summed E-state index contributed by atoms with van der Waals surface area (Å²) < 4.78 is 12.9. The van der Waals surface area contributed by atoms with Gasteiger partial charge in [-0.05, 0) is 23.8 Å². The van der Waals surface area contributed by atoms with Gasteiger partial charge in [-0.1, -0.05) is 0 Å². The van der Waals surface area contributed by atoms with Crippen LogP contribution in [0.5, 0.6) is 0 Å². The second-order valence-electron chi connectivity index (χ2n) is 3.45. The highest BCUT2D eigenvalue weighted by Crippen LogP contribution is 2.16. The molecule has 1 aromatic rings. The number of aliphatic hydroxyl groups excluding tert-OH is 1. The largest absolute Gasteiger partial charge is 0.395 e. The summed E-state index contributed by atoms with van der Waals surface area (Å²) in [5.41, 5.74) is 6.50. The van der Waals surface area contributed by atoms with Crippen LogP contribution in [0.4, 0.5) is 10.1 Å². The van der Waals surface area contributed by atoms with Gasteiger partial charge in [0.25, 0.3) is 0 Å². The number of nitrogens with one attached hydrogen (secondary N) is 2. The molecule has 5 nitrogen and oxygen atoms in total. The summed E-state index contributed by atoms with van der Waals surface area (Å²) in [6, 6.07) is 4.02. The van der Waals surface area contributed by atoms with Gasteiger partial charge in [-0.3, -0.25) is 4.79 Å². The molecule has 0 bridgehead atoms. The molecule has 5 N–H and O–H groups in total. The quantitative estimate of drug-likeness (QED) is 0.520. The molecule has 6 heteroatoms. The topological polar surface area (TPSA) is 87.4 Å². The molecule has 0 unspecified atom stereocenters. The van der Waals surface area contributed by atoms with Crippen LogP contribution in [0.2, 0.25) is 0 Å². The number of hydrogen-bond donors (Lipinski definition) is 4. The van der Waals surface area contributed by atoms with Crippen molar-refractivity contribution in [1.29, 1.82) is 0 Å². The molecule has 0 saturated heterocycles. The monoisotopic (exact) mass is 241 g/mol. The first-order valence-electron chi connectivity index (χ1n) is 5.27. The van der Waals surface area contributed by atoms with E-state index in [0.717, 1.165) is 0 Å². The van der Waals surface area contributed by atoms with Crippen molar-refractivity contribution in [3.8, 4) is 0 Å². The van der Waals surface area contributed by atoms with E-state index in [4.69, 9.17) is 10.8 Å². The Kier molecular flexibility index (Phi) is 5.55. The highest BCUT2D eigenvalue weighted by Gasteiger charge is 2.06. The number of amides is 1. The first-order chi connectivity index (χ1) is 8.17. The Bertz CT molecular complexity index is 385. The maximum absolute atomic E-state index is 12.9. The van der Waals surface area contributed by atoms with E-state index >= 15 is 0 Å². The smallest absolute Gasteiger partial charge is 0.238 e. The van der Waals surface area contributed by atoms with Gasteiger partial charge >= 0.3 is 0 Å². The zero-order valence-corrected chi connectivity index (χ0v) is 9.37. The maximum atomic E-state index is 12.9. The summed E-state index contributed by atoms with van der Waals surface area (Å²) in [4.78, 5) is 11.5. The lowest BCUT2D eigenvalue weighted by atomic mass is 10.1. The van der Waals surface area contributed by atoms with E-state index in [1.165, 1.54) is 18.2 Å². The highest BCUT2D eigenvalue weighted by molar-refractivity contribution is 5.92. The average Bonchev–Trinajstić information content (AvgIpc) is 2.32. The van der Waals surface area contributed by atoms with Gasteiger partial charge in [-0.25, -0.2) is 4.39 Å². The molecule has 0 aliphatic heterocycles. The molecular formula is C11H16FN3O2. The van der Waals surface area contributed by atoms with Crippen LogP contribution < -0.4 is 16.4 Å². The van der Waals surface area contributed by atoms with E-state index in [1.807, 2.05) is 0 Å². The summed E-state index contributed by atoms with van der Waals surface area (Å²) >= 11 is 0. The van der Waals surface area contributed by atoms with Crippen molar-refractivity contribution >= 4 is 11.6 Å². The normalized spacial score (nSPS) is 10.3. The SMILES string of the molecule is NCc1cc(F)ccc1NC(=O)CNCCO. The molecule has 0 aromatic heterocycles. The van der Waals surface area contributed by atoms with Gasteiger partial charge in [0.05, 0.1) is 13.2 Å². The maximum Gasteiger partial charge on any atom is 0.238 e. The zero-order valence-electron chi connectivity index (χ0n) is 9.37. The van der Waals surface area contributed by atoms with E-state index in [0.29, 0.717) is 17.8 Å². The van der Waals surface area contributed by atoms with Gasteiger partial charge in [-0.15, -0.1) is 0 Å². The Morgan fingerprint density at radius 2 is 2.24 bits per heavy atom. The molecular weight excluding hydrogens is 225 g/mol. The molecule has 0 saturated carbocycles. The van der Waals surface area contributed by atoms with E-state index in [9.17, 15) is 9.18 Å². The van der Waals surface area contributed by atoms with Crippen molar-refractivity contribution < 1.29 is 14.3 Å². The van der Waals surface area contributed by atoms with Gasteiger partial charge in [0.2, 0.25) is 5.91 Å². The standard InChI is InChI=1S/C11H16FN3O2/c12-9-1-2-10(8(5-9)6-13)15-11(17)7-14-3-4-16/h1-2,5,14,16H,3-4,6-7,13H2,(H,15,17). The van der Waals surface area contributed by atoms with Crippen LogP contribution in [-0.4, -0.2) is 30.7 Å². The predicted molar refractivity (Wildman–Crippen MR) is 62.9 cm³/mol. The lowest BCUT2D eigenvalue weighted by molar-refractivity contribution is -0.115. The second-order valence-corrected chi connectivity index (χ2v) is 3.45.